The van der Waals surface area contributed by atoms with Crippen LogP contribution in [0.15, 0.2) is 12.1 Å². The number of halogens is 1. The number of benzene rings is 1. The van der Waals surface area contributed by atoms with E-state index in [0.717, 1.165) is 16.5 Å². The highest BCUT2D eigenvalue weighted by Crippen LogP contribution is 2.33. The normalized spacial score (nSPS) is 17.9. The van der Waals surface area contributed by atoms with E-state index < -0.39 is 0 Å². The lowest BCUT2D eigenvalue weighted by atomic mass is 10.1. The van der Waals surface area contributed by atoms with E-state index in [1.54, 1.807) is 20.3 Å². The fourth-order valence-electron chi connectivity index (χ4n) is 2.34. The van der Waals surface area contributed by atoms with Crippen LogP contribution in [0.1, 0.15) is 23.2 Å². The minimum atomic E-state index is -0.132. The first-order chi connectivity index (χ1) is 9.65. The Morgan fingerprint density at radius 3 is 2.85 bits per heavy atom. The number of carbonyl (C=O) groups is 1. The maximum Gasteiger partial charge on any atom is 0.255 e. The second-order valence-corrected chi connectivity index (χ2v) is 5.94. The molecule has 0 aliphatic carbocycles. The van der Waals surface area contributed by atoms with Crippen LogP contribution in [-0.4, -0.2) is 39.3 Å². The van der Waals surface area contributed by atoms with Gasteiger partial charge >= 0.3 is 0 Å². The molecule has 110 valence electrons. The number of methoxy groups -OCH3 is 2. The Hall–Kier alpha value is -1.02. The van der Waals surface area contributed by atoms with E-state index in [1.807, 2.05) is 6.07 Å². The smallest absolute Gasteiger partial charge is 0.255 e. The summed E-state index contributed by atoms with van der Waals surface area (Å²) in [5.41, 5.74) is 0.509. The molecule has 1 atom stereocenters. The van der Waals surface area contributed by atoms with Crippen LogP contribution in [0.4, 0.5) is 0 Å². The lowest BCUT2D eigenvalue weighted by Crippen LogP contribution is -2.37. The van der Waals surface area contributed by atoms with Crippen LogP contribution in [0.25, 0.3) is 0 Å². The Morgan fingerprint density at radius 2 is 2.25 bits per heavy atom. The summed E-state index contributed by atoms with van der Waals surface area (Å²) in [6.45, 7) is 1.66. The number of carbonyl (C=O) groups excluding carboxylic acids is 1. The molecule has 20 heavy (non-hydrogen) atoms. The molecule has 0 aromatic heterocycles. The molecular weight excluding hydrogens is 371 g/mol. The predicted molar refractivity (Wildman–Crippen MR) is 85.6 cm³/mol. The molecule has 1 fully saturated rings. The average molecular weight is 390 g/mol. The summed E-state index contributed by atoms with van der Waals surface area (Å²) in [4.78, 5) is 12.3. The Morgan fingerprint density at radius 1 is 1.45 bits per heavy atom. The quantitative estimate of drug-likeness (QED) is 0.753. The summed E-state index contributed by atoms with van der Waals surface area (Å²) in [6, 6.07) is 4.02. The number of rotatable bonds is 5. The van der Waals surface area contributed by atoms with Gasteiger partial charge in [0, 0.05) is 16.2 Å². The van der Waals surface area contributed by atoms with Gasteiger partial charge in [0.05, 0.1) is 19.8 Å². The van der Waals surface area contributed by atoms with Crippen LogP contribution in [0, 0.1) is 3.57 Å². The molecule has 1 amide bonds. The van der Waals surface area contributed by atoms with Crippen molar-refractivity contribution in [3.63, 3.8) is 0 Å². The van der Waals surface area contributed by atoms with Crippen LogP contribution in [-0.2, 0) is 0 Å². The van der Waals surface area contributed by atoms with E-state index in [-0.39, 0.29) is 5.91 Å². The Balaban J connectivity index is 2.13. The van der Waals surface area contributed by atoms with Gasteiger partial charge in [0.25, 0.3) is 5.91 Å². The van der Waals surface area contributed by atoms with Gasteiger partial charge in [0.2, 0.25) is 0 Å². The molecule has 2 rings (SSSR count). The highest BCUT2D eigenvalue weighted by atomic mass is 127. The van der Waals surface area contributed by atoms with Gasteiger partial charge in [-0.1, -0.05) is 0 Å². The predicted octanol–water partition coefficient (Wildman–Crippen LogP) is 1.79. The van der Waals surface area contributed by atoms with Gasteiger partial charge in [-0.25, -0.2) is 0 Å². The first kappa shape index (κ1) is 15.4. The summed E-state index contributed by atoms with van der Waals surface area (Å²) >= 11 is 2.16. The van der Waals surface area contributed by atoms with Crippen LogP contribution < -0.4 is 20.1 Å². The highest BCUT2D eigenvalue weighted by Gasteiger charge is 2.20. The molecule has 1 aromatic rings. The first-order valence-corrected chi connectivity index (χ1v) is 7.66. The zero-order chi connectivity index (χ0) is 14.5. The average Bonchev–Trinajstić information content (AvgIpc) is 2.96. The van der Waals surface area contributed by atoms with Crippen molar-refractivity contribution in [3.05, 3.63) is 21.3 Å². The highest BCUT2D eigenvalue weighted by molar-refractivity contribution is 14.1. The second-order valence-electron chi connectivity index (χ2n) is 4.69. The zero-order valence-corrected chi connectivity index (χ0v) is 13.8. The third-order valence-electron chi connectivity index (χ3n) is 3.36. The van der Waals surface area contributed by atoms with Gasteiger partial charge in [-0.2, -0.15) is 0 Å². The Labute approximate surface area is 132 Å². The molecule has 1 heterocycles. The molecule has 0 saturated carbocycles. The summed E-state index contributed by atoms with van der Waals surface area (Å²) < 4.78 is 11.5. The monoisotopic (exact) mass is 390 g/mol. The van der Waals surface area contributed by atoms with E-state index in [1.165, 1.54) is 6.42 Å². The summed E-state index contributed by atoms with van der Waals surface area (Å²) in [5.74, 6) is 0.917. The standard InChI is InChI=1S/C14H19IN2O3/c1-19-12-7-9(15)6-11(13(12)20-2)14(18)17-8-10-4-3-5-16-10/h6-7,10,16H,3-5,8H2,1-2H3,(H,17,18)/t10-/m1/s1. The van der Waals surface area contributed by atoms with Crippen molar-refractivity contribution >= 4 is 28.5 Å². The van der Waals surface area contributed by atoms with E-state index in [4.69, 9.17) is 9.47 Å². The molecule has 1 aliphatic rings. The van der Waals surface area contributed by atoms with Gasteiger partial charge < -0.3 is 20.1 Å². The molecule has 2 N–H and O–H groups in total. The number of hydrogen-bond acceptors (Lipinski definition) is 4. The van der Waals surface area contributed by atoms with E-state index in [0.29, 0.717) is 29.6 Å². The van der Waals surface area contributed by atoms with Crippen molar-refractivity contribution in [1.82, 2.24) is 10.6 Å². The van der Waals surface area contributed by atoms with Crippen LogP contribution in [0.2, 0.25) is 0 Å². The van der Waals surface area contributed by atoms with Crippen LogP contribution >= 0.6 is 22.6 Å². The van der Waals surface area contributed by atoms with E-state index in [9.17, 15) is 4.79 Å². The van der Waals surface area contributed by atoms with Crippen LogP contribution in [0.5, 0.6) is 11.5 Å². The van der Waals surface area contributed by atoms with Crippen molar-refractivity contribution in [3.8, 4) is 11.5 Å². The second kappa shape index (κ2) is 7.12. The topological polar surface area (TPSA) is 59.6 Å². The van der Waals surface area contributed by atoms with E-state index in [2.05, 4.69) is 33.2 Å². The molecule has 0 bridgehead atoms. The SMILES string of the molecule is COc1cc(I)cc(C(=O)NC[C@H]2CCCN2)c1OC. The first-order valence-electron chi connectivity index (χ1n) is 6.58. The van der Waals surface area contributed by atoms with Crippen molar-refractivity contribution in [2.24, 2.45) is 0 Å². The third kappa shape index (κ3) is 3.54. The van der Waals surface area contributed by atoms with E-state index >= 15 is 0 Å². The molecular formula is C14H19IN2O3. The van der Waals surface area contributed by atoms with Crippen molar-refractivity contribution in [1.29, 1.82) is 0 Å². The molecule has 5 nitrogen and oxygen atoms in total. The number of amides is 1. The van der Waals surface area contributed by atoms with Gasteiger partial charge in [-0.05, 0) is 54.1 Å². The lowest BCUT2D eigenvalue weighted by molar-refractivity contribution is 0.0946. The lowest BCUT2D eigenvalue weighted by Gasteiger charge is -2.15. The maximum absolute atomic E-state index is 12.3. The van der Waals surface area contributed by atoms with Crippen molar-refractivity contribution in [2.75, 3.05) is 27.3 Å². The maximum atomic E-state index is 12.3. The molecule has 1 saturated heterocycles. The molecule has 0 spiro atoms. The summed E-state index contributed by atoms with van der Waals surface area (Å²) in [7, 11) is 3.11. The zero-order valence-electron chi connectivity index (χ0n) is 11.7. The van der Waals surface area contributed by atoms with Gasteiger partial charge in [-0.15, -0.1) is 0 Å². The van der Waals surface area contributed by atoms with Gasteiger partial charge in [0.15, 0.2) is 11.5 Å². The minimum Gasteiger partial charge on any atom is -0.493 e. The molecule has 1 aliphatic heterocycles. The summed E-state index contributed by atoms with van der Waals surface area (Å²) in [6.07, 6.45) is 2.27. The molecule has 0 unspecified atom stereocenters. The van der Waals surface area contributed by atoms with Gasteiger partial charge in [-0.3, -0.25) is 4.79 Å². The fourth-order valence-corrected chi connectivity index (χ4v) is 2.94. The van der Waals surface area contributed by atoms with Gasteiger partial charge in [0.1, 0.15) is 0 Å². The summed E-state index contributed by atoms with van der Waals surface area (Å²) in [5, 5.41) is 6.31. The Bertz CT molecular complexity index is 488. The number of nitrogens with one attached hydrogen (secondary N) is 2. The third-order valence-corrected chi connectivity index (χ3v) is 3.98. The van der Waals surface area contributed by atoms with Crippen LogP contribution in [0.3, 0.4) is 0 Å². The van der Waals surface area contributed by atoms with Crippen molar-refractivity contribution < 1.29 is 14.3 Å². The van der Waals surface area contributed by atoms with Crippen molar-refractivity contribution in [2.45, 2.75) is 18.9 Å². The minimum absolute atomic E-state index is 0.132. The Kier molecular flexibility index (Phi) is 5.47. The number of ether oxygens (including phenoxy) is 2. The fraction of sp³-hybridized carbons (Fsp3) is 0.500. The molecule has 1 aromatic carbocycles. The largest absolute Gasteiger partial charge is 0.493 e. The molecule has 0 radical (unpaired) electrons. The number of hydrogen-bond donors (Lipinski definition) is 2. The molecule has 6 heteroatoms.